The molecule has 1 aromatic rings. The molecule has 0 bridgehead atoms. The average molecular weight is 775 g/mol. The Morgan fingerprint density at radius 3 is 2.41 bits per heavy atom. The van der Waals surface area contributed by atoms with E-state index in [1.807, 2.05) is 6.92 Å². The zero-order chi connectivity index (χ0) is 39.7. The maximum Gasteiger partial charge on any atom is 0.410 e. The Morgan fingerprint density at radius 1 is 1.11 bits per heavy atom. The van der Waals surface area contributed by atoms with E-state index in [0.717, 1.165) is 0 Å². The zero-order valence-corrected chi connectivity index (χ0v) is 32.6. The number of carbonyl (C=O) groups excluding carboxylic acids is 6. The SMILES string of the molecule is C/C=C(\C)C(=O)NC[C@H](CC(=O)OC(C)(C)C)C(=O)N1CC(OC(=O)N2Cc3cccc(F)c3C2)C[C@H]1C(=O)C[C@]1(C(=O)NS(=O)(=O)C2CC2)C[C@H]1CC. The number of hydrogen-bond donors (Lipinski definition) is 2. The highest BCUT2D eigenvalue weighted by Gasteiger charge is 2.61. The molecule has 2 saturated carbocycles. The molecule has 296 valence electrons. The van der Waals surface area contributed by atoms with Crippen LogP contribution in [0.3, 0.4) is 0 Å². The fourth-order valence-electron chi connectivity index (χ4n) is 7.32. The molecule has 16 heteroatoms. The molecular weight excluding hydrogens is 724 g/mol. The van der Waals surface area contributed by atoms with Crippen LogP contribution in [0.4, 0.5) is 9.18 Å². The maximum atomic E-state index is 14.4. The van der Waals surface area contributed by atoms with E-state index >= 15 is 0 Å². The van der Waals surface area contributed by atoms with E-state index in [9.17, 15) is 41.6 Å². The van der Waals surface area contributed by atoms with Crippen LogP contribution in [-0.4, -0.2) is 89.9 Å². The van der Waals surface area contributed by atoms with E-state index in [1.54, 1.807) is 52.8 Å². The van der Waals surface area contributed by atoms with Gasteiger partial charge in [-0.1, -0.05) is 31.6 Å². The topological polar surface area (TPSA) is 186 Å². The van der Waals surface area contributed by atoms with Crippen molar-refractivity contribution in [1.82, 2.24) is 19.8 Å². The first kappa shape index (κ1) is 40.8. The first-order valence-electron chi connectivity index (χ1n) is 18.5. The van der Waals surface area contributed by atoms with Gasteiger partial charge in [-0.05, 0) is 71.4 Å². The Kier molecular flexibility index (Phi) is 11.9. The number of amides is 4. The van der Waals surface area contributed by atoms with Gasteiger partial charge < -0.3 is 19.7 Å². The summed E-state index contributed by atoms with van der Waals surface area (Å²) in [6.45, 7) is 9.68. The number of hydrogen-bond acceptors (Lipinski definition) is 10. The number of benzene rings is 1. The molecule has 54 heavy (non-hydrogen) atoms. The third kappa shape index (κ3) is 9.29. The van der Waals surface area contributed by atoms with Gasteiger partial charge in [-0.25, -0.2) is 17.6 Å². The lowest BCUT2D eigenvalue weighted by Gasteiger charge is -2.29. The Hall–Kier alpha value is -4.34. The van der Waals surface area contributed by atoms with E-state index in [1.165, 1.54) is 15.9 Å². The summed E-state index contributed by atoms with van der Waals surface area (Å²) in [7, 11) is -3.89. The van der Waals surface area contributed by atoms with Crippen LogP contribution in [0.2, 0.25) is 0 Å². The van der Waals surface area contributed by atoms with Crippen molar-refractivity contribution in [1.29, 1.82) is 0 Å². The Balaban J connectivity index is 1.39. The number of carbonyl (C=O) groups is 6. The van der Waals surface area contributed by atoms with Crippen molar-refractivity contribution in [3.8, 4) is 0 Å². The minimum absolute atomic E-state index is 0.0261. The predicted molar refractivity (Wildman–Crippen MR) is 193 cm³/mol. The number of Topliss-reactive ketones (excluding diaryl/α,β-unsaturated/α-hetero) is 1. The second-order valence-corrected chi connectivity index (χ2v) is 17.9. The van der Waals surface area contributed by atoms with Crippen molar-refractivity contribution >= 4 is 45.6 Å². The number of allylic oxidation sites excluding steroid dienone is 1. The van der Waals surface area contributed by atoms with Crippen LogP contribution in [0.15, 0.2) is 29.8 Å². The molecule has 5 rings (SSSR count). The van der Waals surface area contributed by atoms with E-state index in [4.69, 9.17) is 9.47 Å². The predicted octanol–water partition coefficient (Wildman–Crippen LogP) is 3.66. The number of halogens is 1. The molecule has 0 aromatic heterocycles. The standard InChI is InChI=1S/C38H51FN4O10S/c1-7-22(3)33(46)40-18-24(14-32(45)53-37(4,5)6)34(47)43-20-26(52-36(49)42-19-23-10-9-11-29(39)28(23)21-42)15-30(43)31(44)17-38(16-25(38)8-2)35(48)41-54(50,51)27-12-13-27/h7,9-11,24-27,30H,8,12-21H2,1-6H3,(H,40,46)(H,41,48)/b22-7+/t24-,25+,26?,30-,38+/m0/s1. The highest BCUT2D eigenvalue weighted by atomic mass is 32.2. The summed E-state index contributed by atoms with van der Waals surface area (Å²) in [5, 5.41) is 2.03. The first-order chi connectivity index (χ1) is 25.3. The highest BCUT2D eigenvalue weighted by Crippen LogP contribution is 2.58. The zero-order valence-electron chi connectivity index (χ0n) is 31.7. The second-order valence-electron chi connectivity index (χ2n) is 15.9. The minimum Gasteiger partial charge on any atom is -0.460 e. The fourth-order valence-corrected chi connectivity index (χ4v) is 8.71. The molecule has 0 radical (unpaired) electrons. The van der Waals surface area contributed by atoms with Crippen molar-refractivity contribution in [3.63, 3.8) is 0 Å². The van der Waals surface area contributed by atoms with Crippen molar-refractivity contribution in [2.24, 2.45) is 17.3 Å². The average Bonchev–Trinajstić information content (AvgIpc) is 3.99. The molecule has 1 unspecified atom stereocenters. The van der Waals surface area contributed by atoms with E-state index in [2.05, 4.69) is 10.0 Å². The molecule has 5 atom stereocenters. The van der Waals surface area contributed by atoms with Crippen LogP contribution in [0.25, 0.3) is 0 Å². The summed E-state index contributed by atoms with van der Waals surface area (Å²) in [6, 6.07) is 3.35. The van der Waals surface area contributed by atoms with Crippen LogP contribution in [0, 0.1) is 23.1 Å². The van der Waals surface area contributed by atoms with E-state index < -0.39 is 92.2 Å². The van der Waals surface area contributed by atoms with Gasteiger partial charge in [-0.2, -0.15) is 0 Å². The molecule has 14 nitrogen and oxygen atoms in total. The van der Waals surface area contributed by atoms with Crippen molar-refractivity contribution in [2.45, 2.75) is 123 Å². The number of sulfonamides is 1. The van der Waals surface area contributed by atoms with Crippen LogP contribution in [0.1, 0.15) is 97.6 Å². The van der Waals surface area contributed by atoms with Gasteiger partial charge in [-0.15, -0.1) is 0 Å². The summed E-state index contributed by atoms with van der Waals surface area (Å²) in [5.74, 6) is -5.03. The molecule has 0 spiro atoms. The van der Waals surface area contributed by atoms with Crippen molar-refractivity contribution in [3.05, 3.63) is 46.8 Å². The lowest BCUT2D eigenvalue weighted by Crippen LogP contribution is -2.48. The highest BCUT2D eigenvalue weighted by molar-refractivity contribution is 7.90. The van der Waals surface area contributed by atoms with Gasteiger partial charge in [0, 0.05) is 37.1 Å². The molecule has 2 aliphatic heterocycles. The van der Waals surface area contributed by atoms with Crippen LogP contribution < -0.4 is 10.0 Å². The Bertz CT molecular complexity index is 1840. The maximum absolute atomic E-state index is 14.4. The van der Waals surface area contributed by atoms with Gasteiger partial charge >= 0.3 is 12.1 Å². The molecule has 2 aliphatic carbocycles. The molecule has 4 amide bonds. The first-order valence-corrected chi connectivity index (χ1v) is 20.1. The second kappa shape index (κ2) is 15.8. The van der Waals surface area contributed by atoms with Gasteiger partial charge in [0.2, 0.25) is 27.7 Å². The molecule has 3 fully saturated rings. The fraction of sp³-hybridized carbons (Fsp3) is 0.632. The molecule has 4 aliphatic rings. The number of fused-ring (bicyclic) bond motifs is 1. The number of likely N-dealkylation sites (tertiary alicyclic amines) is 1. The summed E-state index contributed by atoms with van der Waals surface area (Å²) >= 11 is 0. The third-order valence-corrected chi connectivity index (χ3v) is 12.5. The molecular formula is C38H51FN4O10S. The molecule has 1 saturated heterocycles. The van der Waals surface area contributed by atoms with Gasteiger partial charge in [0.25, 0.3) is 0 Å². The lowest BCUT2D eigenvalue weighted by atomic mass is 9.90. The van der Waals surface area contributed by atoms with E-state index in [0.29, 0.717) is 36.0 Å². The summed E-state index contributed by atoms with van der Waals surface area (Å²) in [6.07, 6.45) is 0.579. The number of rotatable bonds is 14. The molecule has 1 aromatic carbocycles. The van der Waals surface area contributed by atoms with Gasteiger partial charge in [-0.3, -0.25) is 33.6 Å². The van der Waals surface area contributed by atoms with Gasteiger partial charge in [0.15, 0.2) is 5.78 Å². The number of ether oxygens (including phenoxy) is 2. The number of nitrogens with zero attached hydrogens (tertiary/aromatic N) is 2. The third-order valence-electron chi connectivity index (χ3n) is 10.7. The van der Waals surface area contributed by atoms with Crippen LogP contribution in [-0.2, 0) is 56.6 Å². The monoisotopic (exact) mass is 774 g/mol. The number of ketones is 1. The van der Waals surface area contributed by atoms with Crippen molar-refractivity contribution < 1.29 is 51.0 Å². The quantitative estimate of drug-likeness (QED) is 0.209. The molecule has 2 heterocycles. The van der Waals surface area contributed by atoms with E-state index in [-0.39, 0.29) is 51.4 Å². The normalized spacial score (nSPS) is 24.4. The largest absolute Gasteiger partial charge is 0.460 e. The van der Waals surface area contributed by atoms with Crippen molar-refractivity contribution in [2.75, 3.05) is 13.1 Å². The van der Waals surface area contributed by atoms with Gasteiger partial charge in [0.1, 0.15) is 17.5 Å². The Labute approximate surface area is 315 Å². The summed E-state index contributed by atoms with van der Waals surface area (Å²) in [5.41, 5.74) is -0.790. The number of nitrogens with one attached hydrogen (secondary N) is 2. The number of esters is 1. The van der Waals surface area contributed by atoms with Crippen LogP contribution in [0.5, 0.6) is 0 Å². The minimum atomic E-state index is -3.89. The molecule has 2 N–H and O–H groups in total. The summed E-state index contributed by atoms with van der Waals surface area (Å²) < 4.78 is 53.4. The smallest absolute Gasteiger partial charge is 0.410 e. The summed E-state index contributed by atoms with van der Waals surface area (Å²) in [4.78, 5) is 84.0. The van der Waals surface area contributed by atoms with Crippen LogP contribution >= 0.6 is 0 Å². The van der Waals surface area contributed by atoms with Gasteiger partial charge in [0.05, 0.1) is 42.1 Å². The lowest BCUT2D eigenvalue weighted by molar-refractivity contribution is -0.158. The Morgan fingerprint density at radius 2 is 1.81 bits per heavy atom.